The van der Waals surface area contributed by atoms with Crippen molar-refractivity contribution in [3.05, 3.63) is 93.8 Å². The van der Waals surface area contributed by atoms with Crippen LogP contribution < -0.4 is 15.4 Å². The minimum Gasteiger partial charge on any atom is -0.488 e. The monoisotopic (exact) mass is 490 g/mol. The van der Waals surface area contributed by atoms with Gasteiger partial charge in [0.25, 0.3) is 11.8 Å². The summed E-state index contributed by atoms with van der Waals surface area (Å²) < 4.78 is 59.6. The number of halogens is 5. The zero-order valence-electron chi connectivity index (χ0n) is 17.2. The molecule has 0 bridgehead atoms. The summed E-state index contributed by atoms with van der Waals surface area (Å²) in [6.07, 6.45) is -3.33. The van der Waals surface area contributed by atoms with E-state index in [1.54, 1.807) is 18.2 Å². The summed E-state index contributed by atoms with van der Waals surface area (Å²) >= 11 is 5.94. The van der Waals surface area contributed by atoms with E-state index in [9.17, 15) is 27.2 Å². The molecule has 4 rings (SSSR count). The van der Waals surface area contributed by atoms with Crippen molar-refractivity contribution in [2.45, 2.75) is 6.18 Å². The standard InChI is InChI=1S/C24H15ClF4N2O3/c25-16-3-8-21-14(10-16)9-15(12-34-21)23(33)31-20-7-6-18(11-19(20)24(27,28)29)30-22(32)13-1-4-17(26)5-2-13/h1-11H,12H2,(H,30,32)(H,31,33). The van der Waals surface area contributed by atoms with Gasteiger partial charge in [-0.3, -0.25) is 9.59 Å². The Morgan fingerprint density at radius 2 is 1.65 bits per heavy atom. The van der Waals surface area contributed by atoms with Gasteiger partial charge in [-0.1, -0.05) is 11.6 Å². The maximum atomic E-state index is 13.7. The van der Waals surface area contributed by atoms with Crippen molar-refractivity contribution >= 4 is 40.9 Å². The molecule has 1 heterocycles. The quantitative estimate of drug-likeness (QED) is 0.430. The number of amides is 2. The van der Waals surface area contributed by atoms with Crippen molar-refractivity contribution in [1.82, 2.24) is 0 Å². The molecular formula is C24H15ClF4N2O3. The Labute approximate surface area is 196 Å². The highest BCUT2D eigenvalue weighted by atomic mass is 35.5. The third kappa shape index (κ3) is 5.20. The van der Waals surface area contributed by atoms with Crippen LogP contribution in [0.4, 0.5) is 28.9 Å². The molecule has 0 aliphatic carbocycles. The Morgan fingerprint density at radius 1 is 0.912 bits per heavy atom. The third-order valence-electron chi connectivity index (χ3n) is 4.91. The number of fused-ring (bicyclic) bond motifs is 1. The molecule has 0 saturated heterocycles. The van der Waals surface area contributed by atoms with Gasteiger partial charge in [0.2, 0.25) is 0 Å². The molecule has 0 radical (unpaired) electrons. The lowest BCUT2D eigenvalue weighted by molar-refractivity contribution is -0.136. The molecule has 0 unspecified atom stereocenters. The lowest BCUT2D eigenvalue weighted by atomic mass is 10.1. The highest BCUT2D eigenvalue weighted by Gasteiger charge is 2.35. The molecule has 0 aromatic heterocycles. The first-order chi connectivity index (χ1) is 16.1. The molecule has 174 valence electrons. The summed E-state index contributed by atoms with van der Waals surface area (Å²) in [6.45, 7) is -0.131. The second-order valence-corrected chi connectivity index (χ2v) is 7.75. The molecule has 5 nitrogen and oxygen atoms in total. The number of hydrogen-bond donors (Lipinski definition) is 2. The van der Waals surface area contributed by atoms with E-state index in [0.29, 0.717) is 22.4 Å². The molecular weight excluding hydrogens is 476 g/mol. The summed E-state index contributed by atoms with van der Waals surface area (Å²) in [6, 6.07) is 12.3. The van der Waals surface area contributed by atoms with Crippen LogP contribution in [0.3, 0.4) is 0 Å². The van der Waals surface area contributed by atoms with Crippen LogP contribution in [0.15, 0.2) is 66.2 Å². The predicted octanol–water partition coefficient (Wildman–Crippen LogP) is 6.16. The number of hydrogen-bond acceptors (Lipinski definition) is 3. The summed E-state index contributed by atoms with van der Waals surface area (Å²) in [5.41, 5.74) is -1.09. The summed E-state index contributed by atoms with van der Waals surface area (Å²) in [4.78, 5) is 24.9. The molecule has 3 aromatic rings. The first-order valence-electron chi connectivity index (χ1n) is 9.82. The molecule has 10 heteroatoms. The molecule has 2 N–H and O–H groups in total. The predicted molar refractivity (Wildman–Crippen MR) is 119 cm³/mol. The molecule has 1 aliphatic rings. The van der Waals surface area contributed by atoms with Gasteiger partial charge in [-0.05, 0) is 66.7 Å². The highest BCUT2D eigenvalue weighted by molar-refractivity contribution is 6.30. The van der Waals surface area contributed by atoms with Crippen LogP contribution in [0.1, 0.15) is 21.5 Å². The zero-order chi connectivity index (χ0) is 24.5. The van der Waals surface area contributed by atoms with Gasteiger partial charge in [0, 0.05) is 21.8 Å². The summed E-state index contributed by atoms with van der Waals surface area (Å²) in [5.74, 6) is -1.55. The van der Waals surface area contributed by atoms with Crippen molar-refractivity contribution in [1.29, 1.82) is 0 Å². The second kappa shape index (κ2) is 9.18. The van der Waals surface area contributed by atoms with E-state index in [-0.39, 0.29) is 23.4 Å². The van der Waals surface area contributed by atoms with E-state index in [0.717, 1.165) is 18.2 Å². The van der Waals surface area contributed by atoms with Gasteiger partial charge in [-0.2, -0.15) is 13.2 Å². The first-order valence-corrected chi connectivity index (χ1v) is 10.2. The van der Waals surface area contributed by atoms with Gasteiger partial charge >= 0.3 is 6.18 Å². The minimum atomic E-state index is -4.82. The van der Waals surface area contributed by atoms with Gasteiger partial charge in [0.15, 0.2) is 0 Å². The minimum absolute atomic E-state index is 0.0666. The molecule has 0 spiro atoms. The van der Waals surface area contributed by atoms with Crippen LogP contribution in [-0.4, -0.2) is 18.4 Å². The average molecular weight is 491 g/mol. The third-order valence-corrected chi connectivity index (χ3v) is 5.15. The first kappa shape index (κ1) is 23.3. The Balaban J connectivity index is 1.56. The van der Waals surface area contributed by atoms with Crippen molar-refractivity contribution in [3.8, 4) is 5.75 Å². The number of carbonyl (C=O) groups excluding carboxylic acids is 2. The number of nitrogens with one attached hydrogen (secondary N) is 2. The SMILES string of the molecule is O=C(Nc1ccc(NC(=O)c2ccc(F)cc2)cc1C(F)(F)F)C1=Cc2cc(Cl)ccc2OC1. The number of benzene rings is 3. The van der Waals surface area contributed by atoms with Crippen LogP contribution >= 0.6 is 11.6 Å². The molecule has 1 aliphatic heterocycles. The fraction of sp³-hybridized carbons (Fsp3) is 0.0833. The highest BCUT2D eigenvalue weighted by Crippen LogP contribution is 2.37. The molecule has 0 saturated carbocycles. The van der Waals surface area contributed by atoms with Crippen LogP contribution in [0.5, 0.6) is 5.75 Å². The van der Waals surface area contributed by atoms with E-state index in [1.807, 2.05) is 0 Å². The van der Waals surface area contributed by atoms with Gasteiger partial charge in [0.05, 0.1) is 16.8 Å². The van der Waals surface area contributed by atoms with Gasteiger partial charge in [-0.25, -0.2) is 4.39 Å². The maximum absolute atomic E-state index is 13.7. The van der Waals surface area contributed by atoms with Gasteiger partial charge in [0.1, 0.15) is 18.2 Å². The van der Waals surface area contributed by atoms with E-state index in [1.165, 1.54) is 24.3 Å². The molecule has 0 fully saturated rings. The largest absolute Gasteiger partial charge is 0.488 e. The smallest absolute Gasteiger partial charge is 0.418 e. The van der Waals surface area contributed by atoms with Crippen molar-refractivity contribution in [2.24, 2.45) is 0 Å². The Kier molecular flexibility index (Phi) is 6.30. The Morgan fingerprint density at radius 3 is 2.35 bits per heavy atom. The summed E-state index contributed by atoms with van der Waals surface area (Å²) in [5, 5.41) is 5.00. The number of carbonyl (C=O) groups is 2. The van der Waals surface area contributed by atoms with E-state index < -0.39 is 35.1 Å². The fourth-order valence-corrected chi connectivity index (χ4v) is 3.43. The topological polar surface area (TPSA) is 67.4 Å². The molecule has 2 amide bonds. The van der Waals surface area contributed by atoms with Crippen LogP contribution in [-0.2, 0) is 11.0 Å². The number of ether oxygens (including phenoxy) is 1. The van der Waals surface area contributed by atoms with Crippen molar-refractivity contribution < 1.29 is 31.9 Å². The van der Waals surface area contributed by atoms with Gasteiger partial charge in [-0.15, -0.1) is 0 Å². The van der Waals surface area contributed by atoms with Crippen LogP contribution in [0, 0.1) is 5.82 Å². The Bertz CT molecular complexity index is 1300. The van der Waals surface area contributed by atoms with E-state index in [4.69, 9.17) is 16.3 Å². The molecule has 0 atom stereocenters. The zero-order valence-corrected chi connectivity index (χ0v) is 17.9. The Hall–Kier alpha value is -3.85. The number of alkyl halides is 3. The number of anilines is 2. The molecule has 3 aromatic carbocycles. The van der Waals surface area contributed by atoms with E-state index >= 15 is 0 Å². The van der Waals surface area contributed by atoms with Crippen LogP contribution in [0.2, 0.25) is 5.02 Å². The second-order valence-electron chi connectivity index (χ2n) is 7.31. The average Bonchev–Trinajstić information content (AvgIpc) is 2.79. The van der Waals surface area contributed by atoms with Crippen molar-refractivity contribution in [3.63, 3.8) is 0 Å². The summed E-state index contributed by atoms with van der Waals surface area (Å²) in [7, 11) is 0. The van der Waals surface area contributed by atoms with Crippen LogP contribution in [0.25, 0.3) is 6.08 Å². The number of rotatable bonds is 4. The molecule has 34 heavy (non-hydrogen) atoms. The van der Waals surface area contributed by atoms with Gasteiger partial charge < -0.3 is 15.4 Å². The van der Waals surface area contributed by atoms with Crippen molar-refractivity contribution in [2.75, 3.05) is 17.2 Å². The maximum Gasteiger partial charge on any atom is 0.418 e. The lowest BCUT2D eigenvalue weighted by Crippen LogP contribution is -2.23. The fourth-order valence-electron chi connectivity index (χ4n) is 3.25. The lowest BCUT2D eigenvalue weighted by Gasteiger charge is -2.19. The normalized spacial score (nSPS) is 12.8. The van der Waals surface area contributed by atoms with E-state index in [2.05, 4.69) is 10.6 Å².